The number of nitrogens with one attached hydrogen (secondary N) is 2. The molecule has 0 aliphatic carbocycles. The second-order valence-electron chi connectivity index (χ2n) is 7.46. The van der Waals surface area contributed by atoms with Crippen LogP contribution in [0.1, 0.15) is 28.8 Å². The summed E-state index contributed by atoms with van der Waals surface area (Å²) in [6.45, 7) is 2.31. The zero-order chi connectivity index (χ0) is 21.3. The second kappa shape index (κ2) is 8.80. The first-order chi connectivity index (χ1) is 14.4. The van der Waals surface area contributed by atoms with Crippen molar-refractivity contribution >= 4 is 50.6 Å². The molecule has 1 amide bonds. The van der Waals surface area contributed by atoms with E-state index in [1.165, 1.54) is 29.5 Å². The summed E-state index contributed by atoms with van der Waals surface area (Å²) < 4.78 is 28.4. The topological polar surface area (TPSA) is 78.5 Å². The van der Waals surface area contributed by atoms with Crippen LogP contribution in [0.4, 0.5) is 5.69 Å². The zero-order valence-electron chi connectivity index (χ0n) is 16.7. The van der Waals surface area contributed by atoms with Crippen molar-refractivity contribution in [2.45, 2.75) is 25.8 Å². The van der Waals surface area contributed by atoms with E-state index in [1.54, 1.807) is 23.1 Å². The molecule has 0 bridgehead atoms. The number of fused-ring (bicyclic) bond motifs is 1. The summed E-state index contributed by atoms with van der Waals surface area (Å²) in [7, 11) is -2.41. The van der Waals surface area contributed by atoms with Gasteiger partial charge in [0.05, 0.1) is 15.2 Å². The highest BCUT2D eigenvalue weighted by atomic mass is 35.5. The number of halogens is 1. The number of carbonyl (C=O) groups is 1. The SMILES string of the molecule is CNS(=O)(=O)/C(=C/c1ccc(Cl)s1)[C@H]1CCN(c2ccc3c(c2)CCCNC3)C1=O. The Morgan fingerprint density at radius 1 is 1.30 bits per heavy atom. The molecule has 30 heavy (non-hydrogen) atoms. The first kappa shape index (κ1) is 21.5. The number of thiophene rings is 1. The lowest BCUT2D eigenvalue weighted by Gasteiger charge is -2.20. The Balaban J connectivity index is 1.65. The van der Waals surface area contributed by atoms with Crippen molar-refractivity contribution in [1.29, 1.82) is 0 Å². The number of rotatable bonds is 5. The first-order valence-corrected chi connectivity index (χ1v) is 12.6. The molecule has 0 saturated carbocycles. The van der Waals surface area contributed by atoms with Crippen molar-refractivity contribution < 1.29 is 13.2 Å². The fourth-order valence-electron chi connectivity index (χ4n) is 4.04. The molecule has 160 valence electrons. The molecular weight excluding hydrogens is 442 g/mol. The molecule has 0 radical (unpaired) electrons. The van der Waals surface area contributed by atoms with E-state index in [2.05, 4.69) is 22.2 Å². The van der Waals surface area contributed by atoms with Gasteiger partial charge < -0.3 is 10.2 Å². The smallest absolute Gasteiger partial charge is 0.237 e. The van der Waals surface area contributed by atoms with E-state index in [0.717, 1.165) is 31.6 Å². The van der Waals surface area contributed by atoms with E-state index in [1.807, 2.05) is 6.07 Å². The normalized spacial score (nSPS) is 20.3. The lowest BCUT2D eigenvalue weighted by atomic mass is 10.0. The van der Waals surface area contributed by atoms with E-state index in [0.29, 0.717) is 22.2 Å². The number of aryl methyl sites for hydroxylation is 1. The Morgan fingerprint density at radius 3 is 2.87 bits per heavy atom. The average molecular weight is 466 g/mol. The highest BCUT2D eigenvalue weighted by Gasteiger charge is 2.39. The Kier molecular flexibility index (Phi) is 6.31. The molecule has 4 rings (SSSR count). The number of benzene rings is 1. The summed E-state index contributed by atoms with van der Waals surface area (Å²) in [4.78, 5) is 15.8. The summed E-state index contributed by atoms with van der Waals surface area (Å²) in [5.74, 6) is -0.904. The van der Waals surface area contributed by atoms with E-state index >= 15 is 0 Å². The van der Waals surface area contributed by atoms with Crippen LogP contribution in [0.25, 0.3) is 6.08 Å². The standard InChI is InChI=1S/C21H24ClN3O3S2/c1-23-30(27,28)19(12-17-6-7-20(22)29-17)18-8-10-25(21(18)26)16-5-4-15-13-24-9-2-3-14(15)11-16/h4-7,11-12,18,23-24H,2-3,8-10,13H2,1H3/b19-12+/t18-/m1/s1. The van der Waals surface area contributed by atoms with Crippen molar-refractivity contribution in [3.8, 4) is 0 Å². The third-order valence-electron chi connectivity index (χ3n) is 5.62. The van der Waals surface area contributed by atoms with E-state index in [9.17, 15) is 13.2 Å². The van der Waals surface area contributed by atoms with Crippen LogP contribution in [0.15, 0.2) is 35.2 Å². The molecule has 1 aromatic carbocycles. The van der Waals surface area contributed by atoms with Gasteiger partial charge in [0.1, 0.15) is 0 Å². The third-order valence-corrected chi connectivity index (χ3v) is 8.36. The molecular formula is C21H24ClN3O3S2. The number of hydrogen-bond donors (Lipinski definition) is 2. The van der Waals surface area contributed by atoms with Gasteiger partial charge in [0.2, 0.25) is 15.9 Å². The summed E-state index contributed by atoms with van der Waals surface area (Å²) in [5, 5.41) is 3.40. The minimum absolute atomic E-state index is 0.0926. The van der Waals surface area contributed by atoms with Gasteiger partial charge in [-0.15, -0.1) is 11.3 Å². The van der Waals surface area contributed by atoms with Gasteiger partial charge in [0.15, 0.2) is 0 Å². The van der Waals surface area contributed by atoms with Gasteiger partial charge in [0.25, 0.3) is 0 Å². The van der Waals surface area contributed by atoms with Crippen LogP contribution in [-0.2, 0) is 27.8 Å². The molecule has 1 saturated heterocycles. The van der Waals surface area contributed by atoms with Gasteiger partial charge in [0, 0.05) is 23.7 Å². The molecule has 1 atom stereocenters. The van der Waals surface area contributed by atoms with Crippen LogP contribution in [0.2, 0.25) is 4.34 Å². The number of sulfonamides is 1. The maximum Gasteiger partial charge on any atom is 0.237 e. The van der Waals surface area contributed by atoms with Crippen LogP contribution in [0, 0.1) is 5.92 Å². The summed E-state index contributed by atoms with van der Waals surface area (Å²) >= 11 is 7.28. The minimum Gasteiger partial charge on any atom is -0.313 e. The number of amides is 1. The third kappa shape index (κ3) is 4.33. The van der Waals surface area contributed by atoms with Gasteiger partial charge in [-0.1, -0.05) is 17.7 Å². The Morgan fingerprint density at radius 2 is 2.13 bits per heavy atom. The molecule has 2 aliphatic heterocycles. The first-order valence-electron chi connectivity index (χ1n) is 9.93. The van der Waals surface area contributed by atoms with Crippen LogP contribution < -0.4 is 14.9 Å². The molecule has 0 unspecified atom stereocenters. The van der Waals surface area contributed by atoms with Crippen molar-refractivity contribution in [1.82, 2.24) is 10.0 Å². The van der Waals surface area contributed by atoms with Crippen molar-refractivity contribution in [3.05, 3.63) is 55.6 Å². The van der Waals surface area contributed by atoms with Crippen molar-refractivity contribution in [3.63, 3.8) is 0 Å². The summed E-state index contributed by atoms with van der Waals surface area (Å²) in [5.41, 5.74) is 3.34. The molecule has 1 fully saturated rings. The Labute approximate surface area is 186 Å². The molecule has 2 aliphatic rings. The van der Waals surface area contributed by atoms with E-state index < -0.39 is 15.9 Å². The summed E-state index contributed by atoms with van der Waals surface area (Å²) in [6.07, 6.45) is 4.05. The molecule has 0 spiro atoms. The monoisotopic (exact) mass is 465 g/mol. The fourth-order valence-corrected chi connectivity index (χ4v) is 6.24. The molecule has 2 N–H and O–H groups in total. The lowest BCUT2D eigenvalue weighted by Crippen LogP contribution is -2.31. The Hall–Kier alpha value is -1.71. The molecule has 6 nitrogen and oxygen atoms in total. The average Bonchev–Trinajstić information content (AvgIpc) is 3.22. The van der Waals surface area contributed by atoms with Crippen LogP contribution >= 0.6 is 22.9 Å². The van der Waals surface area contributed by atoms with Gasteiger partial charge in [-0.3, -0.25) is 4.79 Å². The molecule has 9 heteroatoms. The maximum absolute atomic E-state index is 13.3. The maximum atomic E-state index is 13.3. The largest absolute Gasteiger partial charge is 0.313 e. The predicted molar refractivity (Wildman–Crippen MR) is 122 cm³/mol. The van der Waals surface area contributed by atoms with Gasteiger partial charge in [-0.25, -0.2) is 13.1 Å². The number of anilines is 1. The van der Waals surface area contributed by atoms with Gasteiger partial charge in [-0.05, 0) is 74.3 Å². The number of hydrogen-bond acceptors (Lipinski definition) is 5. The molecule has 1 aromatic heterocycles. The van der Waals surface area contributed by atoms with Gasteiger partial charge in [-0.2, -0.15) is 0 Å². The van der Waals surface area contributed by atoms with Crippen LogP contribution in [-0.4, -0.2) is 34.5 Å². The van der Waals surface area contributed by atoms with E-state index in [-0.39, 0.29) is 10.8 Å². The number of nitrogens with zero attached hydrogens (tertiary/aromatic N) is 1. The second-order valence-corrected chi connectivity index (χ2v) is 11.1. The highest BCUT2D eigenvalue weighted by molar-refractivity contribution is 7.93. The van der Waals surface area contributed by atoms with E-state index in [4.69, 9.17) is 11.6 Å². The predicted octanol–water partition coefficient (Wildman–Crippen LogP) is 3.38. The lowest BCUT2D eigenvalue weighted by molar-refractivity contribution is -0.119. The van der Waals surface area contributed by atoms with Crippen LogP contribution in [0.5, 0.6) is 0 Å². The quantitative estimate of drug-likeness (QED) is 0.709. The van der Waals surface area contributed by atoms with Crippen molar-refractivity contribution in [2.75, 3.05) is 25.0 Å². The Bertz CT molecular complexity index is 1090. The molecule has 3 heterocycles. The molecule has 2 aromatic rings. The number of carbonyl (C=O) groups excluding carboxylic acids is 1. The van der Waals surface area contributed by atoms with Crippen molar-refractivity contribution in [2.24, 2.45) is 5.92 Å². The highest BCUT2D eigenvalue weighted by Crippen LogP contribution is 2.35. The minimum atomic E-state index is -3.77. The van der Waals surface area contributed by atoms with Gasteiger partial charge >= 0.3 is 0 Å². The van der Waals surface area contributed by atoms with Crippen LogP contribution in [0.3, 0.4) is 0 Å². The summed E-state index contributed by atoms with van der Waals surface area (Å²) in [6, 6.07) is 9.59. The zero-order valence-corrected chi connectivity index (χ0v) is 19.0. The fraction of sp³-hybridized carbons (Fsp3) is 0.381.